The van der Waals surface area contributed by atoms with Gasteiger partial charge < -0.3 is 33.9 Å². The van der Waals surface area contributed by atoms with Crippen LogP contribution in [0.5, 0.6) is 0 Å². The zero-order valence-electron chi connectivity index (χ0n) is 20.2. The minimum absolute atomic E-state index is 0.000175. The third kappa shape index (κ3) is 2.11. The average Bonchev–Trinajstić information content (AvgIpc) is 3.46. The van der Waals surface area contributed by atoms with E-state index < -0.39 is 51.4 Å². The summed E-state index contributed by atoms with van der Waals surface area (Å²) < 4.78 is 23.4. The van der Waals surface area contributed by atoms with Crippen molar-refractivity contribution < 1.29 is 43.5 Å². The molecule has 2 spiro atoms. The van der Waals surface area contributed by atoms with Gasteiger partial charge in [0.25, 0.3) is 0 Å². The molecule has 0 amide bonds. The summed E-state index contributed by atoms with van der Waals surface area (Å²) in [4.78, 5) is 25.4. The number of esters is 2. The zero-order valence-corrected chi connectivity index (χ0v) is 20.2. The van der Waals surface area contributed by atoms with Crippen LogP contribution in [0, 0.1) is 34.0 Å². The highest BCUT2D eigenvalue weighted by Gasteiger charge is 2.93. The summed E-state index contributed by atoms with van der Waals surface area (Å²) in [6, 6.07) is 1.79. The van der Waals surface area contributed by atoms with Gasteiger partial charge in [-0.1, -0.05) is 20.8 Å². The van der Waals surface area contributed by atoms with Gasteiger partial charge in [-0.3, -0.25) is 9.59 Å². The van der Waals surface area contributed by atoms with Gasteiger partial charge in [-0.15, -0.1) is 0 Å². The lowest BCUT2D eigenvalue weighted by molar-refractivity contribution is -0.388. The molecule has 1 aromatic heterocycles. The molecule has 10 atom stereocenters. The highest BCUT2D eigenvalue weighted by molar-refractivity contribution is 5.73. The highest BCUT2D eigenvalue weighted by Crippen LogP contribution is 2.82. The van der Waals surface area contributed by atoms with Crippen molar-refractivity contribution in [3.05, 3.63) is 24.2 Å². The second-order valence-corrected chi connectivity index (χ2v) is 12.8. The van der Waals surface area contributed by atoms with Gasteiger partial charge in [0.1, 0.15) is 18.3 Å². The number of fused-ring (bicyclic) bond motifs is 1. The number of cyclic esters (lactones) is 2. The Labute approximate surface area is 202 Å². The van der Waals surface area contributed by atoms with Crippen molar-refractivity contribution in [3.63, 3.8) is 0 Å². The van der Waals surface area contributed by atoms with Crippen molar-refractivity contribution in [2.45, 2.75) is 82.1 Å². The van der Waals surface area contributed by atoms with E-state index in [0.29, 0.717) is 12.8 Å². The molecule has 190 valence electrons. The van der Waals surface area contributed by atoms with E-state index in [4.69, 9.17) is 18.6 Å². The second-order valence-electron chi connectivity index (χ2n) is 12.8. The Hall–Kier alpha value is -1.94. The first kappa shape index (κ1) is 22.3. The van der Waals surface area contributed by atoms with Crippen molar-refractivity contribution in [2.24, 2.45) is 34.0 Å². The lowest BCUT2D eigenvalue weighted by Crippen LogP contribution is -2.82. The van der Waals surface area contributed by atoms with Crippen LogP contribution >= 0.6 is 0 Å². The molecule has 2 aliphatic carbocycles. The Morgan fingerprint density at radius 1 is 1.03 bits per heavy atom. The SMILES string of the molecule is CC1(C)[C@@H]2CC(=O)OC[C@@]23[C@H]2CC[C@]4(C)[C@@H](CC(=O)O[C@H]4c4ccoc4)[C@@]24C[C@@](O)([C@H]1O)[C@]3(O)O4. The van der Waals surface area contributed by atoms with Gasteiger partial charge in [-0.05, 0) is 30.2 Å². The molecule has 6 fully saturated rings. The molecule has 7 rings (SSSR count). The average molecular weight is 489 g/mol. The van der Waals surface area contributed by atoms with Crippen molar-refractivity contribution in [2.75, 3.05) is 6.61 Å². The molecule has 3 N–H and O–H groups in total. The molecule has 4 aliphatic heterocycles. The van der Waals surface area contributed by atoms with Gasteiger partial charge in [0.05, 0.1) is 36.1 Å². The van der Waals surface area contributed by atoms with Gasteiger partial charge in [0.2, 0.25) is 5.79 Å². The standard InChI is InChI=1S/C26H32O9/c1-21(2)15-8-17(27)33-12-23(15)14-4-6-22(3)16(9-18(28)34-19(22)13-5-7-32-10-13)24(14)11-25(30,20(21)29)26(23,31)35-24/h5,7,10,14-16,19-20,29-31H,4,6,8-9,11-12H2,1-3H3/t14-,15+,16-,19+,20+,22-,23-,24-,25-,26-/m1/s1. The maximum absolute atomic E-state index is 13.0. The Balaban J connectivity index is 1.44. The van der Waals surface area contributed by atoms with Crippen LogP contribution in [0.3, 0.4) is 0 Å². The van der Waals surface area contributed by atoms with Crippen LogP contribution in [0.1, 0.15) is 64.5 Å². The Morgan fingerprint density at radius 3 is 2.49 bits per heavy atom. The fraction of sp³-hybridized carbons (Fsp3) is 0.769. The van der Waals surface area contributed by atoms with Gasteiger partial charge in [-0.2, -0.15) is 0 Å². The lowest BCUT2D eigenvalue weighted by atomic mass is 9.35. The molecule has 5 heterocycles. The second kappa shape index (κ2) is 6.13. The number of carbonyl (C=O) groups excluding carboxylic acids is 2. The molecule has 9 nitrogen and oxygen atoms in total. The first-order chi connectivity index (χ1) is 16.4. The summed E-state index contributed by atoms with van der Waals surface area (Å²) in [6.45, 7) is 5.68. The van der Waals surface area contributed by atoms with E-state index in [1.54, 1.807) is 18.6 Å². The van der Waals surface area contributed by atoms with Crippen LogP contribution in [-0.4, -0.2) is 57.0 Å². The summed E-state index contributed by atoms with van der Waals surface area (Å²) in [7, 11) is 0. The van der Waals surface area contributed by atoms with E-state index in [1.165, 1.54) is 0 Å². The quantitative estimate of drug-likeness (QED) is 0.506. The van der Waals surface area contributed by atoms with Crippen LogP contribution in [0.15, 0.2) is 23.0 Å². The first-order valence-corrected chi connectivity index (χ1v) is 12.6. The van der Waals surface area contributed by atoms with Gasteiger partial charge in [-0.25, -0.2) is 0 Å². The maximum atomic E-state index is 13.0. The van der Waals surface area contributed by atoms with Gasteiger partial charge in [0.15, 0.2) is 0 Å². The molecular formula is C26H32O9. The number of aliphatic hydroxyl groups excluding tert-OH is 1. The van der Waals surface area contributed by atoms with E-state index in [0.717, 1.165) is 5.56 Å². The topological polar surface area (TPSA) is 136 Å². The van der Waals surface area contributed by atoms with Crippen LogP contribution in [0.25, 0.3) is 0 Å². The summed E-state index contributed by atoms with van der Waals surface area (Å²) in [5.41, 5.74) is -4.81. The van der Waals surface area contributed by atoms with E-state index in [9.17, 15) is 24.9 Å². The Morgan fingerprint density at radius 2 is 1.77 bits per heavy atom. The van der Waals surface area contributed by atoms with Crippen LogP contribution in [0.2, 0.25) is 0 Å². The highest BCUT2D eigenvalue weighted by atomic mass is 16.7. The Bertz CT molecular complexity index is 1130. The first-order valence-electron chi connectivity index (χ1n) is 12.6. The van der Waals surface area contributed by atoms with E-state index in [-0.39, 0.29) is 49.6 Å². The lowest BCUT2D eigenvalue weighted by Gasteiger charge is -2.69. The minimum Gasteiger partial charge on any atom is -0.472 e. The molecule has 0 radical (unpaired) electrons. The third-order valence-electron chi connectivity index (χ3n) is 11.3. The van der Waals surface area contributed by atoms with Crippen LogP contribution < -0.4 is 0 Å². The van der Waals surface area contributed by atoms with E-state index in [2.05, 4.69) is 6.92 Å². The number of furan rings is 1. The number of hydrogen-bond donors (Lipinski definition) is 3. The van der Waals surface area contributed by atoms with Gasteiger partial charge in [0, 0.05) is 35.7 Å². The Kier molecular flexibility index (Phi) is 3.90. The number of aliphatic hydroxyl groups is 3. The molecule has 6 aliphatic rings. The third-order valence-corrected chi connectivity index (χ3v) is 11.3. The van der Waals surface area contributed by atoms with Crippen molar-refractivity contribution >= 4 is 11.9 Å². The predicted octanol–water partition coefficient (Wildman–Crippen LogP) is 1.84. The molecule has 2 bridgehead atoms. The summed E-state index contributed by atoms with van der Waals surface area (Å²) in [6.07, 6.45) is 2.67. The predicted molar refractivity (Wildman–Crippen MR) is 116 cm³/mol. The summed E-state index contributed by atoms with van der Waals surface area (Å²) in [5.74, 6) is -3.98. The molecule has 1 aromatic rings. The van der Waals surface area contributed by atoms with Crippen LogP contribution in [0.4, 0.5) is 0 Å². The fourth-order valence-corrected chi connectivity index (χ4v) is 9.91. The largest absolute Gasteiger partial charge is 0.472 e. The zero-order chi connectivity index (χ0) is 24.8. The van der Waals surface area contributed by atoms with E-state index >= 15 is 0 Å². The molecule has 4 saturated heterocycles. The summed E-state index contributed by atoms with van der Waals surface area (Å²) >= 11 is 0. The van der Waals surface area contributed by atoms with Gasteiger partial charge >= 0.3 is 11.9 Å². The maximum Gasteiger partial charge on any atom is 0.306 e. The number of carbonyl (C=O) groups is 2. The molecule has 0 aromatic carbocycles. The molecule has 2 saturated carbocycles. The number of ether oxygens (including phenoxy) is 3. The minimum atomic E-state index is -2.11. The van der Waals surface area contributed by atoms with Crippen molar-refractivity contribution in [1.82, 2.24) is 0 Å². The summed E-state index contributed by atoms with van der Waals surface area (Å²) in [5, 5.41) is 36.0. The number of hydrogen-bond acceptors (Lipinski definition) is 9. The van der Waals surface area contributed by atoms with Crippen molar-refractivity contribution in [1.29, 1.82) is 0 Å². The van der Waals surface area contributed by atoms with Crippen LogP contribution in [-0.2, 0) is 23.8 Å². The molecular weight excluding hydrogens is 456 g/mol. The normalized spacial score (nSPS) is 55.4. The molecule has 35 heavy (non-hydrogen) atoms. The fourth-order valence-electron chi connectivity index (χ4n) is 9.91. The smallest absolute Gasteiger partial charge is 0.306 e. The van der Waals surface area contributed by atoms with E-state index in [1.807, 2.05) is 13.8 Å². The van der Waals surface area contributed by atoms with Crippen molar-refractivity contribution in [3.8, 4) is 0 Å². The molecule has 9 heteroatoms. The monoisotopic (exact) mass is 488 g/mol. The number of rotatable bonds is 1. The molecule has 0 unspecified atom stereocenters.